The summed E-state index contributed by atoms with van der Waals surface area (Å²) in [5, 5.41) is 14.2. The summed E-state index contributed by atoms with van der Waals surface area (Å²) < 4.78 is 54.4. The Labute approximate surface area is 328 Å². The third-order valence-corrected chi connectivity index (χ3v) is 11.1. The van der Waals surface area contributed by atoms with Gasteiger partial charge in [-0.05, 0) is 44.9 Å². The van der Waals surface area contributed by atoms with Gasteiger partial charge in [-0.3, -0.25) is 18.4 Å². The summed E-state index contributed by atoms with van der Waals surface area (Å²) in [5.41, 5.74) is 0. The smallest absolute Gasteiger partial charge is 0.382 e. The SMILES string of the molecule is C=CCOP(=O)(OCC=C)O[C@H]1[C@H](OCC[C@@H](CCCCCCC)OC)[C@@H](NC(=O)CCCCCCCCCC=CCCCCCC)[C@H](O)O[C@@H]1COC. The number of ether oxygens (including phenoxy) is 4. The van der Waals surface area contributed by atoms with Crippen molar-refractivity contribution in [2.24, 2.45) is 0 Å². The quantitative estimate of drug-likeness (QED) is 0.0356. The number of rotatable bonds is 37. The van der Waals surface area contributed by atoms with E-state index in [1.165, 1.54) is 89.9 Å². The number of unbranched alkanes of at least 4 members (excludes halogenated alkanes) is 15. The van der Waals surface area contributed by atoms with Crippen LogP contribution in [0.25, 0.3) is 0 Å². The van der Waals surface area contributed by atoms with E-state index in [0.717, 1.165) is 51.4 Å². The zero-order valence-corrected chi connectivity index (χ0v) is 35.3. The average Bonchev–Trinajstić information content (AvgIpc) is 3.16. The summed E-state index contributed by atoms with van der Waals surface area (Å²) >= 11 is 0. The van der Waals surface area contributed by atoms with Gasteiger partial charge in [0.05, 0.1) is 25.9 Å². The molecule has 1 rings (SSSR count). The highest BCUT2D eigenvalue weighted by molar-refractivity contribution is 7.48. The Morgan fingerprint density at radius 3 is 1.93 bits per heavy atom. The van der Waals surface area contributed by atoms with Crippen LogP contribution in [0.15, 0.2) is 37.5 Å². The van der Waals surface area contributed by atoms with Gasteiger partial charge >= 0.3 is 7.82 Å². The van der Waals surface area contributed by atoms with E-state index in [4.69, 9.17) is 32.5 Å². The largest absolute Gasteiger partial charge is 0.475 e. The van der Waals surface area contributed by atoms with E-state index in [2.05, 4.69) is 44.5 Å². The zero-order chi connectivity index (χ0) is 39.7. The van der Waals surface area contributed by atoms with E-state index < -0.39 is 38.5 Å². The molecule has 1 aliphatic rings. The number of amides is 1. The van der Waals surface area contributed by atoms with E-state index in [1.54, 1.807) is 7.11 Å². The minimum atomic E-state index is -4.21. The Kier molecular flexibility index (Phi) is 31.6. The number of allylic oxidation sites excluding steroid dienone is 2. The number of nitrogens with one attached hydrogen (secondary N) is 1. The molecule has 0 aliphatic carbocycles. The number of methoxy groups -OCH3 is 2. The van der Waals surface area contributed by atoms with Crippen molar-refractivity contribution in [1.82, 2.24) is 5.32 Å². The van der Waals surface area contributed by atoms with Crippen LogP contribution < -0.4 is 5.32 Å². The molecule has 0 saturated carbocycles. The lowest BCUT2D eigenvalue weighted by atomic mass is 9.96. The molecule has 54 heavy (non-hydrogen) atoms. The van der Waals surface area contributed by atoms with Crippen LogP contribution in [0.1, 0.15) is 149 Å². The van der Waals surface area contributed by atoms with E-state index in [1.807, 2.05) is 0 Å². The van der Waals surface area contributed by atoms with Gasteiger partial charge in [-0.2, -0.15) is 0 Å². The molecule has 1 heterocycles. The fraction of sp³-hybridized carbons (Fsp3) is 0.833. The monoisotopic (exact) mass is 788 g/mol. The molecule has 1 aliphatic heterocycles. The second-order valence-electron chi connectivity index (χ2n) is 14.3. The number of carbonyl (C=O) groups excluding carboxylic acids is 1. The van der Waals surface area contributed by atoms with Gasteiger partial charge in [0.25, 0.3) is 0 Å². The zero-order valence-electron chi connectivity index (χ0n) is 34.4. The molecule has 0 radical (unpaired) electrons. The highest BCUT2D eigenvalue weighted by atomic mass is 31.2. The summed E-state index contributed by atoms with van der Waals surface area (Å²) in [5.74, 6) is -0.238. The van der Waals surface area contributed by atoms with E-state index in [-0.39, 0.29) is 38.4 Å². The number of phosphoric acid groups is 1. The second-order valence-corrected chi connectivity index (χ2v) is 15.9. The van der Waals surface area contributed by atoms with Crippen LogP contribution >= 0.6 is 7.82 Å². The van der Waals surface area contributed by atoms with Crippen LogP contribution in [0, 0.1) is 0 Å². The molecule has 0 aromatic heterocycles. The fourth-order valence-corrected chi connectivity index (χ4v) is 7.86. The van der Waals surface area contributed by atoms with Crippen LogP contribution in [0.3, 0.4) is 0 Å². The third kappa shape index (κ3) is 23.6. The number of hydrogen-bond donors (Lipinski definition) is 2. The average molecular weight is 788 g/mol. The van der Waals surface area contributed by atoms with Crippen molar-refractivity contribution in [3.63, 3.8) is 0 Å². The van der Waals surface area contributed by atoms with Crippen molar-refractivity contribution in [1.29, 1.82) is 0 Å². The third-order valence-electron chi connectivity index (χ3n) is 9.65. The highest BCUT2D eigenvalue weighted by Crippen LogP contribution is 2.52. The van der Waals surface area contributed by atoms with Gasteiger partial charge in [0.15, 0.2) is 6.29 Å². The van der Waals surface area contributed by atoms with Crippen molar-refractivity contribution in [3.05, 3.63) is 37.5 Å². The van der Waals surface area contributed by atoms with Crippen molar-refractivity contribution in [3.8, 4) is 0 Å². The van der Waals surface area contributed by atoms with Crippen molar-refractivity contribution < 1.29 is 47.0 Å². The molecular formula is C42H78NO10P. The first-order valence-electron chi connectivity index (χ1n) is 21.0. The lowest BCUT2D eigenvalue weighted by Crippen LogP contribution is -2.65. The Balaban J connectivity index is 2.86. The summed E-state index contributed by atoms with van der Waals surface area (Å²) in [4.78, 5) is 13.3. The van der Waals surface area contributed by atoms with Crippen molar-refractivity contribution in [2.45, 2.75) is 185 Å². The van der Waals surface area contributed by atoms with E-state index >= 15 is 0 Å². The second kappa shape index (κ2) is 33.7. The Hall–Kier alpha value is -1.40. The maximum atomic E-state index is 13.8. The minimum Gasteiger partial charge on any atom is -0.382 e. The van der Waals surface area contributed by atoms with Crippen LogP contribution in [-0.4, -0.2) is 88.4 Å². The molecule has 0 spiro atoms. The maximum absolute atomic E-state index is 13.8. The summed E-state index contributed by atoms with van der Waals surface area (Å²) in [7, 11) is -1.03. The highest BCUT2D eigenvalue weighted by Gasteiger charge is 2.51. The molecule has 0 bridgehead atoms. The van der Waals surface area contributed by atoms with Crippen LogP contribution in [-0.2, 0) is 41.9 Å². The standard InChI is InChI=1S/C42H78NO10P/c1-7-11-13-15-16-17-18-19-20-21-22-23-24-26-28-30-38(44)43-39-41(49-34-31-36(48-6)29-27-25-14-12-8-2)40(37(35-47-5)52-42(39)45)53-54(46,50-32-9-3)51-33-10-4/h9-10,17-18,36-37,39-42,45H,3-4,7-8,11-16,19-35H2,1-2,5-6H3,(H,43,44)/t36-,37-,39-,40-,41-,42-/m1/s1. The Morgan fingerprint density at radius 1 is 0.796 bits per heavy atom. The minimum absolute atomic E-state index is 0.0144. The predicted octanol–water partition coefficient (Wildman–Crippen LogP) is 9.92. The molecule has 12 heteroatoms. The predicted molar refractivity (Wildman–Crippen MR) is 217 cm³/mol. The van der Waals surface area contributed by atoms with Gasteiger partial charge in [0.1, 0.15) is 24.4 Å². The molecule has 0 aromatic rings. The van der Waals surface area contributed by atoms with Crippen LogP contribution in [0.5, 0.6) is 0 Å². The van der Waals surface area contributed by atoms with E-state index in [0.29, 0.717) is 12.8 Å². The first kappa shape index (κ1) is 50.6. The van der Waals surface area contributed by atoms with Gasteiger partial charge in [-0.15, -0.1) is 13.2 Å². The van der Waals surface area contributed by atoms with Crippen molar-refractivity contribution >= 4 is 13.7 Å². The molecule has 1 amide bonds. The molecular weight excluding hydrogens is 709 g/mol. The molecule has 316 valence electrons. The van der Waals surface area contributed by atoms with Gasteiger partial charge in [-0.1, -0.05) is 122 Å². The molecule has 0 aromatic carbocycles. The van der Waals surface area contributed by atoms with E-state index in [9.17, 15) is 14.5 Å². The van der Waals surface area contributed by atoms with Crippen molar-refractivity contribution in [2.75, 3.05) is 40.6 Å². The molecule has 2 N–H and O–H groups in total. The maximum Gasteiger partial charge on any atom is 0.475 e. The number of carbonyl (C=O) groups is 1. The first-order valence-corrected chi connectivity index (χ1v) is 22.5. The summed E-state index contributed by atoms with van der Waals surface area (Å²) in [6.07, 6.45) is 25.7. The number of hydrogen-bond acceptors (Lipinski definition) is 10. The van der Waals surface area contributed by atoms with Gasteiger partial charge in [0.2, 0.25) is 5.91 Å². The topological polar surface area (TPSA) is 131 Å². The number of aliphatic hydroxyl groups is 1. The van der Waals surface area contributed by atoms with Crippen LogP contribution in [0.4, 0.5) is 0 Å². The molecule has 1 fully saturated rings. The molecule has 0 unspecified atom stereocenters. The lowest BCUT2D eigenvalue weighted by Gasteiger charge is -2.45. The number of aliphatic hydroxyl groups excluding tert-OH is 1. The number of phosphoric ester groups is 1. The normalized spacial score (nSPS) is 21.0. The van der Waals surface area contributed by atoms with Gasteiger partial charge in [-0.25, -0.2) is 4.57 Å². The molecule has 6 atom stereocenters. The van der Waals surface area contributed by atoms with Gasteiger partial charge in [0, 0.05) is 27.2 Å². The Bertz CT molecular complexity index is 998. The lowest BCUT2D eigenvalue weighted by molar-refractivity contribution is -0.261. The van der Waals surface area contributed by atoms with Gasteiger partial charge < -0.3 is 29.4 Å². The summed E-state index contributed by atoms with van der Waals surface area (Å²) in [6, 6.07) is -1.02. The fourth-order valence-electron chi connectivity index (χ4n) is 6.54. The molecule has 1 saturated heterocycles. The Morgan fingerprint density at radius 2 is 1.35 bits per heavy atom. The first-order chi connectivity index (χ1) is 26.3. The summed E-state index contributed by atoms with van der Waals surface area (Å²) in [6.45, 7) is 11.7. The molecule has 11 nitrogen and oxygen atoms in total. The van der Waals surface area contributed by atoms with Crippen LogP contribution in [0.2, 0.25) is 0 Å².